The van der Waals surface area contributed by atoms with Gasteiger partial charge in [0, 0.05) is 12.1 Å². The Morgan fingerprint density at radius 3 is 2.94 bits per heavy atom. The molecule has 90 valence electrons. The zero-order valence-electron chi connectivity index (χ0n) is 9.05. The van der Waals surface area contributed by atoms with Crippen LogP contribution in [-0.4, -0.2) is 28.1 Å². The van der Waals surface area contributed by atoms with Crippen LogP contribution in [0.1, 0.15) is 5.56 Å². The quantitative estimate of drug-likeness (QED) is 0.212. The molecule has 1 rings (SSSR count). The Hall–Kier alpha value is -2.08. The highest BCUT2D eigenvalue weighted by atomic mass is 32.1. The lowest BCUT2D eigenvalue weighted by molar-refractivity contribution is 0.403. The third kappa shape index (κ3) is 4.12. The topological polar surface area (TPSA) is 76.9 Å². The van der Waals surface area contributed by atoms with Gasteiger partial charge in [-0.05, 0) is 24.4 Å². The highest BCUT2D eigenvalue weighted by molar-refractivity contribution is 7.80. The largest absolute Gasteiger partial charge is 0.504 e. The van der Waals surface area contributed by atoms with E-state index in [0.717, 1.165) is 0 Å². The summed E-state index contributed by atoms with van der Waals surface area (Å²) in [4.78, 5) is 0. The molecule has 0 aliphatic rings. The highest BCUT2D eigenvalue weighted by Crippen LogP contribution is 2.26. The van der Waals surface area contributed by atoms with Crippen molar-refractivity contribution in [2.24, 2.45) is 5.10 Å². The first-order valence-corrected chi connectivity index (χ1v) is 5.24. The fraction of sp³-hybridized carbons (Fsp3) is 0.0909. The Balaban J connectivity index is 2.56. The van der Waals surface area contributed by atoms with E-state index < -0.39 is 0 Å². The molecular weight excluding hydrogens is 238 g/mol. The summed E-state index contributed by atoms with van der Waals surface area (Å²) in [5, 5.41) is 25.7. The van der Waals surface area contributed by atoms with Crippen LogP contribution >= 0.6 is 12.2 Å². The first-order chi connectivity index (χ1) is 8.15. The summed E-state index contributed by atoms with van der Waals surface area (Å²) < 4.78 is 0. The van der Waals surface area contributed by atoms with E-state index in [1.165, 1.54) is 12.3 Å². The van der Waals surface area contributed by atoms with Gasteiger partial charge in [0.05, 0.1) is 6.21 Å². The molecule has 0 unspecified atom stereocenters. The number of phenols is 2. The van der Waals surface area contributed by atoms with E-state index in [0.29, 0.717) is 17.2 Å². The van der Waals surface area contributed by atoms with Crippen molar-refractivity contribution < 1.29 is 10.2 Å². The average Bonchev–Trinajstić information content (AvgIpc) is 2.32. The van der Waals surface area contributed by atoms with E-state index in [1.807, 2.05) is 0 Å². The summed E-state index contributed by atoms with van der Waals surface area (Å²) in [5.41, 5.74) is 2.95. The molecule has 0 saturated carbocycles. The molecule has 0 heterocycles. The van der Waals surface area contributed by atoms with Crippen molar-refractivity contribution in [2.75, 3.05) is 6.54 Å². The molecule has 0 saturated heterocycles. The number of aromatic hydroxyl groups is 2. The number of benzene rings is 1. The van der Waals surface area contributed by atoms with Gasteiger partial charge in [0.25, 0.3) is 0 Å². The van der Waals surface area contributed by atoms with Crippen LogP contribution in [0.5, 0.6) is 11.5 Å². The van der Waals surface area contributed by atoms with Gasteiger partial charge in [-0.2, -0.15) is 5.10 Å². The average molecular weight is 251 g/mol. The van der Waals surface area contributed by atoms with Gasteiger partial charge >= 0.3 is 0 Å². The molecule has 0 aromatic heterocycles. The number of hydrogen-bond acceptors (Lipinski definition) is 4. The number of phenolic OH excluding ortho intramolecular Hbond substituents is 2. The molecule has 4 N–H and O–H groups in total. The van der Waals surface area contributed by atoms with Crippen molar-refractivity contribution >= 4 is 23.5 Å². The van der Waals surface area contributed by atoms with Gasteiger partial charge in [0.15, 0.2) is 16.6 Å². The maximum atomic E-state index is 9.47. The lowest BCUT2D eigenvalue weighted by Gasteiger charge is -2.04. The van der Waals surface area contributed by atoms with Crippen LogP contribution in [0, 0.1) is 0 Å². The van der Waals surface area contributed by atoms with E-state index in [9.17, 15) is 10.2 Å². The highest BCUT2D eigenvalue weighted by Gasteiger charge is 2.02. The number of nitrogens with one attached hydrogen (secondary N) is 2. The minimum atomic E-state index is -0.219. The second-order valence-corrected chi connectivity index (χ2v) is 3.49. The van der Waals surface area contributed by atoms with Gasteiger partial charge in [0.1, 0.15) is 0 Å². The van der Waals surface area contributed by atoms with Gasteiger partial charge in [-0.1, -0.05) is 12.1 Å². The Morgan fingerprint density at radius 2 is 2.24 bits per heavy atom. The van der Waals surface area contributed by atoms with Crippen LogP contribution in [0.25, 0.3) is 0 Å². The van der Waals surface area contributed by atoms with Gasteiger partial charge in [-0.3, -0.25) is 5.43 Å². The molecule has 0 bridgehead atoms. The Kier molecular flexibility index (Phi) is 4.96. The number of hydrazone groups is 1. The van der Waals surface area contributed by atoms with Crippen molar-refractivity contribution in [3.8, 4) is 11.5 Å². The lowest BCUT2D eigenvalue weighted by Crippen LogP contribution is -2.31. The summed E-state index contributed by atoms with van der Waals surface area (Å²) in [6.45, 7) is 4.07. The Morgan fingerprint density at radius 1 is 1.47 bits per heavy atom. The molecule has 1 aromatic rings. The minimum Gasteiger partial charge on any atom is -0.504 e. The van der Waals surface area contributed by atoms with Gasteiger partial charge in [-0.25, -0.2) is 0 Å². The third-order valence-electron chi connectivity index (χ3n) is 1.82. The molecule has 0 radical (unpaired) electrons. The molecule has 0 spiro atoms. The second kappa shape index (κ2) is 6.49. The standard InChI is InChI=1S/C11H13N3O2S/c1-2-6-12-11(17)14-13-7-8-4-3-5-9(15)10(8)16/h2-5,7,15-16H,1,6H2,(H2,12,14,17)/b13-7+. The van der Waals surface area contributed by atoms with Gasteiger partial charge in [-0.15, -0.1) is 6.58 Å². The Labute approximate surface area is 104 Å². The molecule has 17 heavy (non-hydrogen) atoms. The van der Waals surface area contributed by atoms with E-state index in [1.54, 1.807) is 18.2 Å². The first kappa shape index (κ1) is 13.0. The first-order valence-electron chi connectivity index (χ1n) is 4.84. The zero-order chi connectivity index (χ0) is 12.7. The molecule has 6 heteroatoms. The summed E-state index contributed by atoms with van der Waals surface area (Å²) >= 11 is 4.90. The number of hydrogen-bond donors (Lipinski definition) is 4. The van der Waals surface area contributed by atoms with Crippen LogP contribution in [0.4, 0.5) is 0 Å². The maximum absolute atomic E-state index is 9.47. The van der Waals surface area contributed by atoms with Crippen LogP contribution < -0.4 is 10.7 Å². The van der Waals surface area contributed by atoms with Crippen LogP contribution in [-0.2, 0) is 0 Å². The summed E-state index contributed by atoms with van der Waals surface area (Å²) in [7, 11) is 0. The SMILES string of the molecule is C=CCNC(=S)N/N=C/c1cccc(O)c1O. The second-order valence-electron chi connectivity index (χ2n) is 3.08. The van der Waals surface area contributed by atoms with E-state index in [4.69, 9.17) is 12.2 Å². The number of nitrogens with zero attached hydrogens (tertiary/aromatic N) is 1. The normalized spacial score (nSPS) is 10.1. The van der Waals surface area contributed by atoms with E-state index in [2.05, 4.69) is 22.4 Å². The molecule has 0 amide bonds. The van der Waals surface area contributed by atoms with Crippen molar-refractivity contribution in [1.29, 1.82) is 0 Å². The number of rotatable bonds is 4. The van der Waals surface area contributed by atoms with Crippen LogP contribution in [0.15, 0.2) is 36.0 Å². The Bertz CT molecular complexity index is 446. The molecule has 0 fully saturated rings. The number of thiocarbonyl (C=S) groups is 1. The lowest BCUT2D eigenvalue weighted by atomic mass is 10.2. The summed E-state index contributed by atoms with van der Waals surface area (Å²) in [6, 6.07) is 4.60. The molecular formula is C11H13N3O2S. The van der Waals surface area contributed by atoms with E-state index >= 15 is 0 Å². The fourth-order valence-corrected chi connectivity index (χ4v) is 1.15. The molecule has 5 nitrogen and oxygen atoms in total. The molecule has 0 aliphatic heterocycles. The van der Waals surface area contributed by atoms with Crippen molar-refractivity contribution in [2.45, 2.75) is 0 Å². The van der Waals surface area contributed by atoms with Crippen LogP contribution in [0.3, 0.4) is 0 Å². The predicted molar refractivity (Wildman–Crippen MR) is 71.3 cm³/mol. The molecule has 1 aromatic carbocycles. The molecule has 0 aliphatic carbocycles. The fourth-order valence-electron chi connectivity index (χ4n) is 1.02. The summed E-state index contributed by atoms with van der Waals surface area (Å²) in [6.07, 6.45) is 3.02. The smallest absolute Gasteiger partial charge is 0.187 e. The predicted octanol–water partition coefficient (Wildman–Crippen LogP) is 1.08. The van der Waals surface area contributed by atoms with Crippen LogP contribution in [0.2, 0.25) is 0 Å². The number of para-hydroxylation sites is 1. The minimum absolute atomic E-state index is 0.193. The van der Waals surface area contributed by atoms with E-state index in [-0.39, 0.29) is 11.5 Å². The van der Waals surface area contributed by atoms with Crippen molar-refractivity contribution in [1.82, 2.24) is 10.7 Å². The maximum Gasteiger partial charge on any atom is 0.187 e. The van der Waals surface area contributed by atoms with Crippen molar-refractivity contribution in [3.63, 3.8) is 0 Å². The van der Waals surface area contributed by atoms with Gasteiger partial charge < -0.3 is 15.5 Å². The van der Waals surface area contributed by atoms with Crippen molar-refractivity contribution in [3.05, 3.63) is 36.4 Å². The zero-order valence-corrected chi connectivity index (χ0v) is 9.87. The third-order valence-corrected chi connectivity index (χ3v) is 2.06. The molecule has 0 atom stereocenters. The van der Waals surface area contributed by atoms with Gasteiger partial charge in [0.2, 0.25) is 0 Å². The monoisotopic (exact) mass is 251 g/mol. The summed E-state index contributed by atoms with van der Waals surface area (Å²) in [5.74, 6) is -0.413.